The van der Waals surface area contributed by atoms with Gasteiger partial charge in [-0.3, -0.25) is 0 Å². The molecule has 102 valence electrons. The van der Waals surface area contributed by atoms with Gasteiger partial charge in [0.05, 0.1) is 5.69 Å². The summed E-state index contributed by atoms with van der Waals surface area (Å²) in [6, 6.07) is 0. The predicted octanol–water partition coefficient (Wildman–Crippen LogP) is 2.94. The first-order valence-electron chi connectivity index (χ1n) is 5.96. The molecule has 18 heavy (non-hydrogen) atoms. The number of carbonyl (C=O) groups is 1. The third-order valence-electron chi connectivity index (χ3n) is 3.11. The lowest BCUT2D eigenvalue weighted by atomic mass is 9.91. The van der Waals surface area contributed by atoms with Gasteiger partial charge < -0.3 is 14.3 Å². The molecule has 0 aliphatic rings. The highest BCUT2D eigenvalue weighted by Gasteiger charge is 2.36. The smallest absolute Gasteiger partial charge is 0.373 e. The van der Waals surface area contributed by atoms with E-state index in [2.05, 4.69) is 4.98 Å². The van der Waals surface area contributed by atoms with Crippen LogP contribution in [0, 0.1) is 0 Å². The molecule has 0 fully saturated rings. The maximum atomic E-state index is 11.2. The van der Waals surface area contributed by atoms with Gasteiger partial charge in [0.25, 0.3) is 0 Å². The highest BCUT2D eigenvalue weighted by Crippen LogP contribution is 2.33. The molecular formula is C13H21NO4. The van der Waals surface area contributed by atoms with Crippen molar-refractivity contribution in [3.05, 3.63) is 17.3 Å². The minimum Gasteiger partial charge on any atom is -0.475 e. The number of hydrogen-bond donors (Lipinski definition) is 1. The lowest BCUT2D eigenvalue weighted by molar-refractivity contribution is -0.0242. The van der Waals surface area contributed by atoms with Crippen LogP contribution in [-0.4, -0.2) is 23.2 Å². The van der Waals surface area contributed by atoms with Gasteiger partial charge in [-0.25, -0.2) is 9.78 Å². The molecule has 0 saturated heterocycles. The van der Waals surface area contributed by atoms with Gasteiger partial charge in [0, 0.05) is 12.5 Å². The van der Waals surface area contributed by atoms with E-state index in [1.165, 1.54) is 0 Å². The summed E-state index contributed by atoms with van der Waals surface area (Å²) >= 11 is 0. The molecular weight excluding hydrogens is 234 g/mol. The average Bonchev–Trinajstić information content (AvgIpc) is 2.73. The predicted molar refractivity (Wildman–Crippen MR) is 66.8 cm³/mol. The van der Waals surface area contributed by atoms with E-state index in [1.807, 2.05) is 34.6 Å². The molecule has 1 unspecified atom stereocenters. The highest BCUT2D eigenvalue weighted by atomic mass is 16.5. The van der Waals surface area contributed by atoms with Crippen LogP contribution in [0.15, 0.2) is 4.42 Å². The second kappa shape index (κ2) is 4.72. The molecule has 1 aromatic rings. The Hall–Kier alpha value is -1.36. The Morgan fingerprint density at radius 1 is 1.39 bits per heavy atom. The molecule has 1 aromatic heterocycles. The van der Waals surface area contributed by atoms with Crippen molar-refractivity contribution in [3.8, 4) is 0 Å². The van der Waals surface area contributed by atoms with Gasteiger partial charge in [0.2, 0.25) is 11.7 Å². The van der Waals surface area contributed by atoms with Gasteiger partial charge in [0.1, 0.15) is 5.60 Å². The van der Waals surface area contributed by atoms with Crippen molar-refractivity contribution in [3.63, 3.8) is 0 Å². The first kappa shape index (κ1) is 14.7. The van der Waals surface area contributed by atoms with Gasteiger partial charge in [-0.15, -0.1) is 0 Å². The molecule has 0 aromatic carbocycles. The van der Waals surface area contributed by atoms with Crippen LogP contribution in [0.1, 0.15) is 63.2 Å². The lowest BCUT2D eigenvalue weighted by Crippen LogP contribution is -2.24. The molecule has 0 spiro atoms. The summed E-state index contributed by atoms with van der Waals surface area (Å²) in [6.45, 7) is 9.47. The molecule has 1 rings (SSSR count). The van der Waals surface area contributed by atoms with Crippen molar-refractivity contribution >= 4 is 5.97 Å². The van der Waals surface area contributed by atoms with Crippen molar-refractivity contribution in [2.24, 2.45) is 0 Å². The molecule has 5 heteroatoms. The van der Waals surface area contributed by atoms with E-state index < -0.39 is 17.0 Å². The SMILES string of the molecule is CCC(C)(OC)c1nc(C(C)(C)C)c(C(=O)O)o1. The van der Waals surface area contributed by atoms with Crippen LogP contribution in [0.5, 0.6) is 0 Å². The van der Waals surface area contributed by atoms with Crippen molar-refractivity contribution in [2.75, 3.05) is 7.11 Å². The Morgan fingerprint density at radius 2 is 1.94 bits per heavy atom. The van der Waals surface area contributed by atoms with E-state index in [0.29, 0.717) is 18.0 Å². The van der Waals surface area contributed by atoms with Gasteiger partial charge in [-0.2, -0.15) is 0 Å². The zero-order valence-corrected chi connectivity index (χ0v) is 11.8. The quantitative estimate of drug-likeness (QED) is 0.895. The van der Waals surface area contributed by atoms with E-state index in [0.717, 1.165) is 0 Å². The molecule has 0 amide bonds. The molecule has 0 aliphatic carbocycles. The van der Waals surface area contributed by atoms with Gasteiger partial charge in [-0.05, 0) is 13.3 Å². The third kappa shape index (κ3) is 2.56. The molecule has 0 radical (unpaired) electrons. The fourth-order valence-corrected chi connectivity index (χ4v) is 1.58. The summed E-state index contributed by atoms with van der Waals surface area (Å²) < 4.78 is 10.8. The largest absolute Gasteiger partial charge is 0.475 e. The van der Waals surface area contributed by atoms with Crippen LogP contribution in [0.25, 0.3) is 0 Å². The molecule has 0 aliphatic heterocycles. The number of aromatic carboxylic acids is 1. The highest BCUT2D eigenvalue weighted by molar-refractivity contribution is 5.86. The number of carboxylic acid groups (broad SMARTS) is 1. The van der Waals surface area contributed by atoms with Crippen molar-refractivity contribution in [1.82, 2.24) is 4.98 Å². The fraction of sp³-hybridized carbons (Fsp3) is 0.692. The number of hydrogen-bond acceptors (Lipinski definition) is 4. The van der Waals surface area contributed by atoms with Crippen LogP contribution in [0.3, 0.4) is 0 Å². The van der Waals surface area contributed by atoms with Crippen LogP contribution < -0.4 is 0 Å². The Labute approximate surface area is 107 Å². The summed E-state index contributed by atoms with van der Waals surface area (Å²) in [7, 11) is 1.56. The first-order valence-corrected chi connectivity index (χ1v) is 5.96. The molecule has 0 saturated carbocycles. The summed E-state index contributed by atoms with van der Waals surface area (Å²) in [5, 5.41) is 9.18. The Kier molecular flexibility index (Phi) is 3.86. The van der Waals surface area contributed by atoms with E-state index in [4.69, 9.17) is 9.15 Å². The zero-order valence-electron chi connectivity index (χ0n) is 11.8. The standard InChI is InChI=1S/C13H21NO4/c1-7-13(5,17-6)11-14-9(12(2,3)4)8(18-11)10(15)16/h7H2,1-6H3,(H,15,16). The van der Waals surface area contributed by atoms with E-state index in [9.17, 15) is 9.90 Å². The van der Waals surface area contributed by atoms with Crippen molar-refractivity contribution in [2.45, 2.75) is 52.1 Å². The van der Waals surface area contributed by atoms with E-state index >= 15 is 0 Å². The fourth-order valence-electron chi connectivity index (χ4n) is 1.58. The molecule has 1 atom stereocenters. The number of methoxy groups -OCH3 is 1. The Morgan fingerprint density at radius 3 is 2.22 bits per heavy atom. The Balaban J connectivity index is 3.40. The third-order valence-corrected chi connectivity index (χ3v) is 3.11. The monoisotopic (exact) mass is 255 g/mol. The number of aromatic nitrogens is 1. The molecule has 1 N–H and O–H groups in total. The topological polar surface area (TPSA) is 72.6 Å². The minimum atomic E-state index is -1.10. The van der Waals surface area contributed by atoms with Crippen LogP contribution in [0.2, 0.25) is 0 Å². The maximum absolute atomic E-state index is 11.2. The second-order valence-electron chi connectivity index (χ2n) is 5.54. The normalized spacial score (nSPS) is 15.4. The number of oxazole rings is 1. The lowest BCUT2D eigenvalue weighted by Gasteiger charge is -2.22. The van der Waals surface area contributed by atoms with Gasteiger partial charge in [-0.1, -0.05) is 27.7 Å². The first-order chi connectivity index (χ1) is 8.15. The molecule has 1 heterocycles. The van der Waals surface area contributed by atoms with E-state index in [1.54, 1.807) is 7.11 Å². The minimum absolute atomic E-state index is 0.103. The molecule has 0 bridgehead atoms. The van der Waals surface area contributed by atoms with Crippen LogP contribution in [0.4, 0.5) is 0 Å². The van der Waals surface area contributed by atoms with Gasteiger partial charge in [0.15, 0.2) is 0 Å². The van der Waals surface area contributed by atoms with Crippen molar-refractivity contribution in [1.29, 1.82) is 0 Å². The Bertz CT molecular complexity index is 438. The molecule has 5 nitrogen and oxygen atoms in total. The average molecular weight is 255 g/mol. The maximum Gasteiger partial charge on any atom is 0.373 e. The number of ether oxygens (including phenoxy) is 1. The summed E-state index contributed by atoms with van der Waals surface area (Å²) in [5.74, 6) is -0.891. The zero-order chi connectivity index (χ0) is 14.1. The summed E-state index contributed by atoms with van der Waals surface area (Å²) in [5.41, 5.74) is -0.646. The van der Waals surface area contributed by atoms with Crippen molar-refractivity contribution < 1.29 is 19.1 Å². The van der Waals surface area contributed by atoms with Gasteiger partial charge >= 0.3 is 5.97 Å². The van der Waals surface area contributed by atoms with E-state index in [-0.39, 0.29) is 5.76 Å². The van der Waals surface area contributed by atoms with Crippen LogP contribution in [-0.2, 0) is 15.8 Å². The summed E-state index contributed by atoms with van der Waals surface area (Å²) in [6.07, 6.45) is 0.645. The number of rotatable bonds is 4. The second-order valence-corrected chi connectivity index (χ2v) is 5.54. The summed E-state index contributed by atoms with van der Waals surface area (Å²) in [4.78, 5) is 15.6. The van der Waals surface area contributed by atoms with Crippen LogP contribution >= 0.6 is 0 Å². The number of nitrogens with zero attached hydrogens (tertiary/aromatic N) is 1. The number of carboxylic acids is 1.